The van der Waals surface area contributed by atoms with Crippen molar-refractivity contribution >= 4 is 11.9 Å². The fraction of sp³-hybridized carbons (Fsp3) is 0.529. The van der Waals surface area contributed by atoms with Gasteiger partial charge in [-0.3, -0.25) is 14.5 Å². The van der Waals surface area contributed by atoms with Gasteiger partial charge in [-0.25, -0.2) is 0 Å². The van der Waals surface area contributed by atoms with Crippen molar-refractivity contribution in [3.63, 3.8) is 0 Å². The lowest BCUT2D eigenvalue weighted by Crippen LogP contribution is -2.51. The van der Waals surface area contributed by atoms with Crippen molar-refractivity contribution < 1.29 is 14.7 Å². The zero-order valence-electron chi connectivity index (χ0n) is 12.8. The Labute approximate surface area is 130 Å². The molecule has 0 aromatic heterocycles. The van der Waals surface area contributed by atoms with Crippen LogP contribution in [0.1, 0.15) is 36.4 Å². The number of carbonyl (C=O) groups excluding carboxylic acids is 1. The van der Waals surface area contributed by atoms with Crippen molar-refractivity contribution in [2.24, 2.45) is 5.41 Å². The van der Waals surface area contributed by atoms with Gasteiger partial charge in [0, 0.05) is 19.6 Å². The molecule has 1 aliphatic heterocycles. The lowest BCUT2D eigenvalue weighted by Gasteiger charge is -2.37. The summed E-state index contributed by atoms with van der Waals surface area (Å²) in [5, 5.41) is 12.0. The predicted octanol–water partition coefficient (Wildman–Crippen LogP) is 1.72. The van der Waals surface area contributed by atoms with Crippen molar-refractivity contribution in [2.45, 2.75) is 32.2 Å². The van der Waals surface area contributed by atoms with Gasteiger partial charge < -0.3 is 10.4 Å². The summed E-state index contributed by atoms with van der Waals surface area (Å²) in [6, 6.07) is 7.70. The molecular formula is C17H22N2O3. The summed E-state index contributed by atoms with van der Waals surface area (Å²) in [7, 11) is 0. The van der Waals surface area contributed by atoms with Gasteiger partial charge >= 0.3 is 5.97 Å². The monoisotopic (exact) mass is 302 g/mol. The number of hydrogen-bond donors (Lipinski definition) is 2. The van der Waals surface area contributed by atoms with Crippen LogP contribution in [0, 0.1) is 12.3 Å². The standard InChI is InChI=1S/C17H22N2O3/c1-12-3-2-4-13(9-12)15-16(22)18-7-8-19(15)11-17(5-6-17)10-14(20)21/h2-4,9,15H,5-8,10-11H2,1H3,(H,18,22)(H,20,21). The van der Waals surface area contributed by atoms with Crippen molar-refractivity contribution in [1.29, 1.82) is 0 Å². The summed E-state index contributed by atoms with van der Waals surface area (Å²) in [5.74, 6) is -0.728. The molecule has 1 saturated carbocycles. The highest BCUT2D eigenvalue weighted by atomic mass is 16.4. The SMILES string of the molecule is Cc1cccc(C2C(=O)NCCN2CC2(CC(=O)O)CC2)c1. The molecule has 1 aliphatic carbocycles. The molecule has 2 fully saturated rings. The van der Waals surface area contributed by atoms with Gasteiger partial charge in [0.15, 0.2) is 0 Å². The Morgan fingerprint density at radius 2 is 2.23 bits per heavy atom. The molecule has 5 heteroatoms. The third-order valence-electron chi connectivity index (χ3n) is 4.69. The van der Waals surface area contributed by atoms with E-state index in [1.165, 1.54) is 0 Å². The molecule has 22 heavy (non-hydrogen) atoms. The van der Waals surface area contributed by atoms with Crippen LogP contribution >= 0.6 is 0 Å². The van der Waals surface area contributed by atoms with Crippen LogP contribution in [0.3, 0.4) is 0 Å². The normalized spacial score (nSPS) is 23.9. The number of aliphatic carboxylic acids is 1. The Kier molecular flexibility index (Phi) is 3.91. The van der Waals surface area contributed by atoms with E-state index in [0.29, 0.717) is 13.1 Å². The number of aryl methyl sites for hydroxylation is 1. The van der Waals surface area contributed by atoms with Crippen molar-refractivity contribution in [3.8, 4) is 0 Å². The van der Waals surface area contributed by atoms with Crippen LogP contribution in [0.15, 0.2) is 24.3 Å². The van der Waals surface area contributed by atoms with Crippen LogP contribution < -0.4 is 5.32 Å². The molecule has 1 atom stereocenters. The molecule has 0 radical (unpaired) electrons. The van der Waals surface area contributed by atoms with Gasteiger partial charge in [-0.2, -0.15) is 0 Å². The van der Waals surface area contributed by atoms with Crippen LogP contribution in [0.5, 0.6) is 0 Å². The number of nitrogens with zero attached hydrogens (tertiary/aromatic N) is 1. The lowest BCUT2D eigenvalue weighted by molar-refractivity contribution is -0.138. The van der Waals surface area contributed by atoms with E-state index >= 15 is 0 Å². The minimum atomic E-state index is -0.744. The maximum Gasteiger partial charge on any atom is 0.303 e. The van der Waals surface area contributed by atoms with Gasteiger partial charge in [0.05, 0.1) is 6.42 Å². The highest BCUT2D eigenvalue weighted by Crippen LogP contribution is 2.50. The van der Waals surface area contributed by atoms with Gasteiger partial charge in [-0.15, -0.1) is 0 Å². The molecule has 1 aromatic rings. The summed E-state index contributed by atoms with van der Waals surface area (Å²) in [6.07, 6.45) is 2.08. The molecular weight excluding hydrogens is 280 g/mol. The second kappa shape index (κ2) is 5.72. The maximum absolute atomic E-state index is 12.4. The van der Waals surface area contributed by atoms with E-state index in [4.69, 9.17) is 5.11 Å². The topological polar surface area (TPSA) is 69.6 Å². The van der Waals surface area contributed by atoms with Gasteiger partial charge in [-0.05, 0) is 30.7 Å². The zero-order valence-corrected chi connectivity index (χ0v) is 12.8. The van der Waals surface area contributed by atoms with Crippen LogP contribution in [0.25, 0.3) is 0 Å². The van der Waals surface area contributed by atoms with Crippen LogP contribution in [0.2, 0.25) is 0 Å². The Hall–Kier alpha value is -1.88. The number of carboxylic acids is 1. The second-order valence-electron chi connectivity index (χ2n) is 6.65. The van der Waals surface area contributed by atoms with Gasteiger partial charge in [0.1, 0.15) is 6.04 Å². The molecule has 118 valence electrons. The number of nitrogens with one attached hydrogen (secondary N) is 1. The fourth-order valence-corrected chi connectivity index (χ4v) is 3.41. The molecule has 0 spiro atoms. The first-order valence-electron chi connectivity index (χ1n) is 7.79. The number of carboxylic acid groups (broad SMARTS) is 1. The summed E-state index contributed by atoms with van der Waals surface area (Å²) < 4.78 is 0. The number of carbonyl (C=O) groups is 2. The Balaban J connectivity index is 1.82. The Morgan fingerprint density at radius 3 is 2.86 bits per heavy atom. The Morgan fingerprint density at radius 1 is 1.45 bits per heavy atom. The van der Waals surface area contributed by atoms with Crippen LogP contribution in [-0.2, 0) is 9.59 Å². The Bertz CT molecular complexity index is 595. The van der Waals surface area contributed by atoms with E-state index in [2.05, 4.69) is 10.2 Å². The molecule has 3 rings (SSSR count). The minimum absolute atomic E-state index is 0.0166. The number of amides is 1. The van der Waals surface area contributed by atoms with Crippen molar-refractivity contribution in [2.75, 3.05) is 19.6 Å². The van der Waals surface area contributed by atoms with E-state index in [-0.39, 0.29) is 23.8 Å². The number of benzene rings is 1. The fourth-order valence-electron chi connectivity index (χ4n) is 3.41. The van der Waals surface area contributed by atoms with Crippen LogP contribution in [-0.4, -0.2) is 41.5 Å². The zero-order chi connectivity index (χ0) is 15.7. The van der Waals surface area contributed by atoms with Crippen LogP contribution in [0.4, 0.5) is 0 Å². The van der Waals surface area contributed by atoms with Gasteiger partial charge in [-0.1, -0.05) is 29.8 Å². The third kappa shape index (κ3) is 3.14. The average Bonchev–Trinajstić information content (AvgIpc) is 3.17. The highest BCUT2D eigenvalue weighted by molar-refractivity contribution is 5.84. The molecule has 2 N–H and O–H groups in total. The predicted molar refractivity (Wildman–Crippen MR) is 82.4 cm³/mol. The summed E-state index contributed by atoms with van der Waals surface area (Å²) in [6.45, 7) is 4.10. The molecule has 5 nitrogen and oxygen atoms in total. The summed E-state index contributed by atoms with van der Waals surface area (Å²) in [4.78, 5) is 25.6. The second-order valence-corrected chi connectivity index (χ2v) is 6.65. The lowest BCUT2D eigenvalue weighted by atomic mass is 9.96. The molecule has 0 bridgehead atoms. The first kappa shape index (κ1) is 15.0. The van der Waals surface area contributed by atoms with Crippen molar-refractivity contribution in [1.82, 2.24) is 10.2 Å². The third-order valence-corrected chi connectivity index (χ3v) is 4.69. The summed E-state index contributed by atoms with van der Waals surface area (Å²) in [5.41, 5.74) is 1.98. The molecule has 1 aromatic carbocycles. The molecule has 2 aliphatic rings. The highest BCUT2D eigenvalue weighted by Gasteiger charge is 2.47. The quantitative estimate of drug-likeness (QED) is 0.869. The molecule has 1 saturated heterocycles. The first-order chi connectivity index (χ1) is 10.5. The van der Waals surface area contributed by atoms with E-state index in [0.717, 1.165) is 30.5 Å². The number of piperazine rings is 1. The molecule has 1 amide bonds. The molecule has 1 unspecified atom stereocenters. The average molecular weight is 302 g/mol. The van der Waals surface area contributed by atoms with Crippen molar-refractivity contribution in [3.05, 3.63) is 35.4 Å². The smallest absolute Gasteiger partial charge is 0.303 e. The number of rotatable bonds is 5. The van der Waals surface area contributed by atoms with E-state index < -0.39 is 5.97 Å². The van der Waals surface area contributed by atoms with E-state index in [9.17, 15) is 9.59 Å². The van der Waals surface area contributed by atoms with Gasteiger partial charge in [0.25, 0.3) is 0 Å². The largest absolute Gasteiger partial charge is 0.481 e. The summed E-state index contributed by atoms with van der Waals surface area (Å²) >= 11 is 0. The van der Waals surface area contributed by atoms with E-state index in [1.54, 1.807) is 0 Å². The van der Waals surface area contributed by atoms with E-state index in [1.807, 2.05) is 31.2 Å². The van der Waals surface area contributed by atoms with Gasteiger partial charge in [0.2, 0.25) is 5.91 Å². The minimum Gasteiger partial charge on any atom is -0.481 e. The first-order valence-corrected chi connectivity index (χ1v) is 7.79. The molecule has 1 heterocycles. The maximum atomic E-state index is 12.4. The number of hydrogen-bond acceptors (Lipinski definition) is 3.